The van der Waals surface area contributed by atoms with Crippen molar-refractivity contribution in [1.82, 2.24) is 20.2 Å². The standard InChI is InChI=1S/C18H23N5O/c1-14-16(6-4-7-19-14)18(24)21-13-15-5-3-8-20-17(15)23-11-9-22(2)10-12-23/h3-8H,9-13H2,1-2H3,(H,21,24). The van der Waals surface area contributed by atoms with E-state index < -0.39 is 0 Å². The van der Waals surface area contributed by atoms with Crippen molar-refractivity contribution >= 4 is 11.7 Å². The average Bonchev–Trinajstić information content (AvgIpc) is 2.61. The molecule has 0 atom stereocenters. The van der Waals surface area contributed by atoms with Gasteiger partial charge in [0.2, 0.25) is 0 Å². The van der Waals surface area contributed by atoms with Gasteiger partial charge in [-0.3, -0.25) is 9.78 Å². The van der Waals surface area contributed by atoms with Crippen molar-refractivity contribution in [3.8, 4) is 0 Å². The summed E-state index contributed by atoms with van der Waals surface area (Å²) in [5.41, 5.74) is 2.39. The molecule has 0 spiro atoms. The molecule has 1 N–H and O–H groups in total. The Morgan fingerprint density at radius 1 is 1.12 bits per heavy atom. The molecule has 2 aromatic heterocycles. The molecule has 0 unspecified atom stereocenters. The third-order valence-electron chi connectivity index (χ3n) is 4.36. The fourth-order valence-corrected chi connectivity index (χ4v) is 2.87. The first kappa shape index (κ1) is 16.4. The van der Waals surface area contributed by atoms with Gasteiger partial charge in [-0.25, -0.2) is 4.98 Å². The van der Waals surface area contributed by atoms with Crippen LogP contribution in [-0.4, -0.2) is 54.0 Å². The Hall–Kier alpha value is -2.47. The van der Waals surface area contributed by atoms with Crippen LogP contribution >= 0.6 is 0 Å². The first-order chi connectivity index (χ1) is 11.6. The molecular weight excluding hydrogens is 302 g/mol. The van der Waals surface area contributed by atoms with E-state index in [1.165, 1.54) is 0 Å². The minimum atomic E-state index is -0.103. The zero-order valence-corrected chi connectivity index (χ0v) is 14.2. The molecule has 3 rings (SSSR count). The molecule has 24 heavy (non-hydrogen) atoms. The van der Waals surface area contributed by atoms with Crippen LogP contribution in [0.3, 0.4) is 0 Å². The number of likely N-dealkylation sites (N-methyl/N-ethyl adjacent to an activating group) is 1. The van der Waals surface area contributed by atoms with Crippen LogP contribution in [0.4, 0.5) is 5.82 Å². The molecule has 1 saturated heterocycles. The highest BCUT2D eigenvalue weighted by Gasteiger charge is 2.18. The van der Waals surface area contributed by atoms with E-state index in [1.807, 2.05) is 25.3 Å². The summed E-state index contributed by atoms with van der Waals surface area (Å²) in [6.45, 7) is 6.26. The molecular formula is C18H23N5O. The minimum Gasteiger partial charge on any atom is -0.354 e. The smallest absolute Gasteiger partial charge is 0.253 e. The molecule has 1 aliphatic rings. The van der Waals surface area contributed by atoms with E-state index in [4.69, 9.17) is 0 Å². The van der Waals surface area contributed by atoms with E-state index in [9.17, 15) is 4.79 Å². The minimum absolute atomic E-state index is 0.103. The Morgan fingerprint density at radius 3 is 2.58 bits per heavy atom. The number of carbonyl (C=O) groups is 1. The quantitative estimate of drug-likeness (QED) is 0.922. The van der Waals surface area contributed by atoms with Crippen molar-refractivity contribution in [2.75, 3.05) is 38.1 Å². The summed E-state index contributed by atoms with van der Waals surface area (Å²) in [6.07, 6.45) is 3.50. The van der Waals surface area contributed by atoms with Crippen molar-refractivity contribution in [2.45, 2.75) is 13.5 Å². The lowest BCUT2D eigenvalue weighted by atomic mass is 10.1. The Labute approximate surface area is 142 Å². The van der Waals surface area contributed by atoms with Crippen LogP contribution in [0.1, 0.15) is 21.6 Å². The Balaban J connectivity index is 1.70. The normalized spacial score (nSPS) is 15.3. The van der Waals surface area contributed by atoms with Crippen LogP contribution in [0.25, 0.3) is 0 Å². The molecule has 0 aromatic carbocycles. The van der Waals surface area contributed by atoms with Crippen LogP contribution in [0, 0.1) is 6.92 Å². The maximum Gasteiger partial charge on any atom is 0.253 e. The number of rotatable bonds is 4. The molecule has 0 saturated carbocycles. The lowest BCUT2D eigenvalue weighted by molar-refractivity contribution is 0.0950. The van der Waals surface area contributed by atoms with Crippen molar-refractivity contribution < 1.29 is 4.79 Å². The third kappa shape index (κ3) is 3.71. The molecule has 6 heteroatoms. The first-order valence-corrected chi connectivity index (χ1v) is 8.22. The molecule has 6 nitrogen and oxygen atoms in total. The van der Waals surface area contributed by atoms with Gasteiger partial charge in [0.25, 0.3) is 5.91 Å². The van der Waals surface area contributed by atoms with Gasteiger partial charge in [0.15, 0.2) is 0 Å². The summed E-state index contributed by atoms with van der Waals surface area (Å²) in [4.78, 5) is 25.7. The number of carbonyl (C=O) groups excluding carboxylic acids is 1. The van der Waals surface area contributed by atoms with E-state index in [-0.39, 0.29) is 5.91 Å². The molecule has 2 aromatic rings. The molecule has 1 fully saturated rings. The summed E-state index contributed by atoms with van der Waals surface area (Å²) < 4.78 is 0. The van der Waals surface area contributed by atoms with Crippen LogP contribution < -0.4 is 10.2 Å². The van der Waals surface area contributed by atoms with Gasteiger partial charge in [-0.1, -0.05) is 6.07 Å². The van der Waals surface area contributed by atoms with Crippen LogP contribution in [0.5, 0.6) is 0 Å². The van der Waals surface area contributed by atoms with Crippen molar-refractivity contribution in [1.29, 1.82) is 0 Å². The van der Waals surface area contributed by atoms with E-state index in [1.54, 1.807) is 18.3 Å². The Morgan fingerprint density at radius 2 is 1.83 bits per heavy atom. The maximum absolute atomic E-state index is 12.4. The van der Waals surface area contributed by atoms with Gasteiger partial charge in [0, 0.05) is 56.4 Å². The lowest BCUT2D eigenvalue weighted by Crippen LogP contribution is -2.45. The Kier molecular flexibility index (Phi) is 5.05. The largest absolute Gasteiger partial charge is 0.354 e. The van der Waals surface area contributed by atoms with Crippen LogP contribution in [0.15, 0.2) is 36.7 Å². The monoisotopic (exact) mass is 325 g/mol. The predicted octanol–water partition coefficient (Wildman–Crippen LogP) is 1.47. The summed E-state index contributed by atoms with van der Waals surface area (Å²) >= 11 is 0. The summed E-state index contributed by atoms with van der Waals surface area (Å²) in [6, 6.07) is 7.51. The van der Waals surface area contributed by atoms with Crippen molar-refractivity contribution in [3.05, 3.63) is 53.5 Å². The number of amides is 1. The highest BCUT2D eigenvalue weighted by atomic mass is 16.1. The second kappa shape index (κ2) is 7.40. The number of anilines is 1. The number of hydrogen-bond acceptors (Lipinski definition) is 5. The van der Waals surface area contributed by atoms with Gasteiger partial charge in [-0.15, -0.1) is 0 Å². The zero-order valence-electron chi connectivity index (χ0n) is 14.2. The molecule has 1 aliphatic heterocycles. The fraction of sp³-hybridized carbons (Fsp3) is 0.389. The predicted molar refractivity (Wildman–Crippen MR) is 94.1 cm³/mol. The van der Waals surface area contributed by atoms with E-state index >= 15 is 0 Å². The SMILES string of the molecule is Cc1ncccc1C(=O)NCc1cccnc1N1CCN(C)CC1. The number of piperazine rings is 1. The number of hydrogen-bond donors (Lipinski definition) is 1. The van der Waals surface area contributed by atoms with Crippen molar-refractivity contribution in [2.24, 2.45) is 0 Å². The van der Waals surface area contributed by atoms with Gasteiger partial charge < -0.3 is 15.1 Å². The van der Waals surface area contributed by atoms with Gasteiger partial charge in [-0.05, 0) is 32.2 Å². The highest BCUT2D eigenvalue weighted by molar-refractivity contribution is 5.95. The summed E-state index contributed by atoms with van der Waals surface area (Å²) in [5, 5.41) is 2.99. The first-order valence-electron chi connectivity index (χ1n) is 8.22. The zero-order chi connectivity index (χ0) is 16.9. The number of aromatic nitrogens is 2. The number of nitrogens with one attached hydrogen (secondary N) is 1. The Bertz CT molecular complexity index is 710. The average molecular weight is 325 g/mol. The molecule has 126 valence electrons. The second-order valence-corrected chi connectivity index (χ2v) is 6.10. The summed E-state index contributed by atoms with van der Waals surface area (Å²) in [5.74, 6) is 0.864. The third-order valence-corrected chi connectivity index (χ3v) is 4.36. The number of nitrogens with zero attached hydrogens (tertiary/aromatic N) is 4. The van der Waals surface area contributed by atoms with Gasteiger partial charge in [0.1, 0.15) is 5.82 Å². The summed E-state index contributed by atoms with van der Waals surface area (Å²) in [7, 11) is 2.13. The van der Waals surface area contributed by atoms with Gasteiger partial charge >= 0.3 is 0 Å². The molecule has 0 bridgehead atoms. The molecule has 3 heterocycles. The number of pyridine rings is 2. The lowest BCUT2D eigenvalue weighted by Gasteiger charge is -2.34. The van der Waals surface area contributed by atoms with Gasteiger partial charge in [0.05, 0.1) is 5.56 Å². The highest BCUT2D eigenvalue weighted by Crippen LogP contribution is 2.18. The number of aryl methyl sites for hydroxylation is 1. The fourth-order valence-electron chi connectivity index (χ4n) is 2.87. The van der Waals surface area contributed by atoms with E-state index in [2.05, 4.69) is 32.1 Å². The van der Waals surface area contributed by atoms with Gasteiger partial charge in [-0.2, -0.15) is 0 Å². The van der Waals surface area contributed by atoms with E-state index in [0.29, 0.717) is 12.1 Å². The molecule has 0 aliphatic carbocycles. The van der Waals surface area contributed by atoms with Crippen LogP contribution in [-0.2, 0) is 6.54 Å². The topological polar surface area (TPSA) is 61.4 Å². The second-order valence-electron chi connectivity index (χ2n) is 6.10. The van der Waals surface area contributed by atoms with Crippen molar-refractivity contribution in [3.63, 3.8) is 0 Å². The maximum atomic E-state index is 12.4. The molecule has 0 radical (unpaired) electrons. The van der Waals surface area contributed by atoms with E-state index in [0.717, 1.165) is 43.3 Å². The molecule has 1 amide bonds. The van der Waals surface area contributed by atoms with Crippen LogP contribution in [0.2, 0.25) is 0 Å².